The van der Waals surface area contributed by atoms with Gasteiger partial charge in [0, 0.05) is 18.5 Å². The maximum absolute atomic E-state index is 13.3. The maximum atomic E-state index is 13.3. The molecule has 2 heterocycles. The Hall–Kier alpha value is -0.570. The first kappa shape index (κ1) is 21.5. The van der Waals surface area contributed by atoms with Gasteiger partial charge in [-0.2, -0.15) is 0 Å². The van der Waals surface area contributed by atoms with Gasteiger partial charge in [0.1, 0.15) is 0 Å². The number of nitrogens with zero attached hydrogens (tertiary/aromatic N) is 1. The molecule has 0 saturated carbocycles. The third-order valence-electron chi connectivity index (χ3n) is 5.85. The summed E-state index contributed by atoms with van der Waals surface area (Å²) >= 11 is 0. The van der Waals surface area contributed by atoms with Crippen LogP contribution >= 0.6 is 0 Å². The van der Waals surface area contributed by atoms with Crippen molar-refractivity contribution in [2.75, 3.05) is 6.54 Å². The predicted molar refractivity (Wildman–Crippen MR) is 102 cm³/mol. The molecule has 142 valence electrons. The molecule has 2 saturated heterocycles. The van der Waals surface area contributed by atoms with Gasteiger partial charge < -0.3 is 9.64 Å². The van der Waals surface area contributed by atoms with Crippen LogP contribution in [0.15, 0.2) is 0 Å². The highest BCUT2D eigenvalue weighted by molar-refractivity contribution is 5.80. The molecule has 2 rings (SSSR count). The van der Waals surface area contributed by atoms with Gasteiger partial charge in [-0.25, -0.2) is 0 Å². The Balaban J connectivity index is 0.00000139. The molecular weight excluding hydrogens is 298 g/mol. The molecule has 3 heteroatoms. The topological polar surface area (TPSA) is 29.5 Å². The SMILES string of the molecule is CC.CCC(C)C(C(=O)N1CC(C)C[C@H]1C)C1CC(C)OC(C)C1. The third-order valence-corrected chi connectivity index (χ3v) is 5.85. The van der Waals surface area contributed by atoms with Crippen LogP contribution in [0.1, 0.15) is 81.1 Å². The highest BCUT2D eigenvalue weighted by Crippen LogP contribution is 2.38. The minimum atomic E-state index is 0.173. The lowest BCUT2D eigenvalue weighted by atomic mass is 9.74. The van der Waals surface area contributed by atoms with Crippen LogP contribution in [0.3, 0.4) is 0 Å². The molecule has 6 atom stereocenters. The summed E-state index contributed by atoms with van der Waals surface area (Å²) < 4.78 is 5.90. The van der Waals surface area contributed by atoms with E-state index in [4.69, 9.17) is 4.74 Å². The van der Waals surface area contributed by atoms with Crippen LogP contribution in [0.25, 0.3) is 0 Å². The van der Waals surface area contributed by atoms with E-state index in [2.05, 4.69) is 46.4 Å². The second kappa shape index (κ2) is 9.79. The number of ether oxygens (including phenoxy) is 1. The number of carbonyl (C=O) groups excluding carboxylic acids is 1. The van der Waals surface area contributed by atoms with E-state index in [9.17, 15) is 4.79 Å². The summed E-state index contributed by atoms with van der Waals surface area (Å²) in [6.07, 6.45) is 4.85. The molecule has 0 aromatic carbocycles. The van der Waals surface area contributed by atoms with Crippen LogP contribution in [-0.2, 0) is 9.53 Å². The van der Waals surface area contributed by atoms with Crippen molar-refractivity contribution in [1.29, 1.82) is 0 Å². The first-order valence-corrected chi connectivity index (χ1v) is 10.3. The summed E-state index contributed by atoms with van der Waals surface area (Å²) in [6, 6.07) is 0.406. The highest BCUT2D eigenvalue weighted by atomic mass is 16.5. The number of amides is 1. The van der Waals surface area contributed by atoms with Crippen molar-refractivity contribution >= 4 is 5.91 Å². The molecule has 0 N–H and O–H groups in total. The standard InChI is InChI=1S/C19H35NO2.C2H6/c1-7-13(3)18(17-9-15(5)22-16(6)10-17)19(21)20-11-12(2)8-14(20)4;1-2/h12-18H,7-11H2,1-6H3;1-2H3/t12?,13?,14-,15?,16?,17?,18?;/m1./s1. The van der Waals surface area contributed by atoms with E-state index in [1.807, 2.05) is 13.8 Å². The first-order valence-electron chi connectivity index (χ1n) is 10.3. The molecule has 2 fully saturated rings. The summed E-state index contributed by atoms with van der Waals surface area (Å²) in [5, 5.41) is 0. The lowest BCUT2D eigenvalue weighted by Crippen LogP contribution is -2.46. The second-order valence-electron chi connectivity index (χ2n) is 8.08. The summed E-state index contributed by atoms with van der Waals surface area (Å²) in [5.74, 6) is 2.16. The Labute approximate surface area is 150 Å². The number of hydrogen-bond acceptors (Lipinski definition) is 2. The van der Waals surface area contributed by atoms with Crippen LogP contribution in [0.2, 0.25) is 0 Å². The Kier molecular flexibility index (Phi) is 8.76. The lowest BCUT2D eigenvalue weighted by molar-refractivity contribution is -0.144. The van der Waals surface area contributed by atoms with Gasteiger partial charge in [0.15, 0.2) is 0 Å². The Morgan fingerprint density at radius 3 is 2.04 bits per heavy atom. The van der Waals surface area contributed by atoms with Crippen molar-refractivity contribution in [3.05, 3.63) is 0 Å². The van der Waals surface area contributed by atoms with E-state index in [1.165, 1.54) is 0 Å². The van der Waals surface area contributed by atoms with Gasteiger partial charge in [-0.05, 0) is 57.8 Å². The monoisotopic (exact) mass is 339 g/mol. The first-order chi connectivity index (χ1) is 11.3. The average Bonchev–Trinajstić information content (AvgIpc) is 2.87. The van der Waals surface area contributed by atoms with Gasteiger partial charge in [-0.15, -0.1) is 0 Å². The zero-order chi connectivity index (χ0) is 18.4. The van der Waals surface area contributed by atoms with Gasteiger partial charge in [0.25, 0.3) is 0 Å². The zero-order valence-electron chi connectivity index (χ0n) is 17.3. The minimum Gasteiger partial charge on any atom is -0.376 e. The molecule has 0 radical (unpaired) electrons. The lowest BCUT2D eigenvalue weighted by Gasteiger charge is -2.40. The molecule has 0 aromatic heterocycles. The minimum absolute atomic E-state index is 0.173. The fraction of sp³-hybridized carbons (Fsp3) is 0.952. The molecule has 1 amide bonds. The number of hydrogen-bond donors (Lipinski definition) is 0. The van der Waals surface area contributed by atoms with E-state index in [-0.39, 0.29) is 18.1 Å². The number of rotatable bonds is 4. The fourth-order valence-electron chi connectivity index (χ4n) is 4.71. The Morgan fingerprint density at radius 1 is 1.08 bits per heavy atom. The fourth-order valence-corrected chi connectivity index (χ4v) is 4.71. The van der Waals surface area contributed by atoms with Crippen LogP contribution in [-0.4, -0.2) is 35.6 Å². The van der Waals surface area contributed by atoms with Gasteiger partial charge >= 0.3 is 0 Å². The smallest absolute Gasteiger partial charge is 0.226 e. The van der Waals surface area contributed by atoms with E-state index in [0.29, 0.717) is 29.7 Å². The Morgan fingerprint density at radius 2 is 1.62 bits per heavy atom. The van der Waals surface area contributed by atoms with Crippen molar-refractivity contribution in [3.8, 4) is 0 Å². The largest absolute Gasteiger partial charge is 0.376 e. The summed E-state index contributed by atoms with van der Waals surface area (Å²) in [4.78, 5) is 15.5. The number of likely N-dealkylation sites (tertiary alicyclic amines) is 1. The molecule has 0 aromatic rings. The molecule has 0 bridgehead atoms. The van der Waals surface area contributed by atoms with Crippen molar-refractivity contribution in [1.82, 2.24) is 4.90 Å². The molecule has 0 spiro atoms. The normalized spacial score (nSPS) is 35.8. The van der Waals surface area contributed by atoms with Crippen molar-refractivity contribution < 1.29 is 9.53 Å². The quantitative estimate of drug-likeness (QED) is 0.710. The third kappa shape index (κ3) is 5.21. The van der Waals surface area contributed by atoms with E-state index < -0.39 is 0 Å². The number of carbonyl (C=O) groups is 1. The molecule has 5 unspecified atom stereocenters. The maximum Gasteiger partial charge on any atom is 0.226 e. The summed E-state index contributed by atoms with van der Waals surface area (Å²) in [5.41, 5.74) is 0. The van der Waals surface area contributed by atoms with Crippen LogP contribution < -0.4 is 0 Å². The van der Waals surface area contributed by atoms with E-state index in [1.54, 1.807) is 0 Å². The summed E-state index contributed by atoms with van der Waals surface area (Å²) in [7, 11) is 0. The predicted octanol–water partition coefficient (Wildman–Crippen LogP) is 5.14. The molecule has 24 heavy (non-hydrogen) atoms. The summed E-state index contributed by atoms with van der Waals surface area (Å²) in [6.45, 7) is 18.2. The van der Waals surface area contributed by atoms with Crippen molar-refractivity contribution in [2.45, 2.75) is 99.3 Å². The van der Waals surface area contributed by atoms with E-state index >= 15 is 0 Å². The van der Waals surface area contributed by atoms with Crippen LogP contribution in [0.5, 0.6) is 0 Å². The molecule has 2 aliphatic rings. The highest BCUT2D eigenvalue weighted by Gasteiger charge is 2.41. The van der Waals surface area contributed by atoms with Gasteiger partial charge in [0.2, 0.25) is 5.91 Å². The van der Waals surface area contributed by atoms with Gasteiger partial charge in [0.05, 0.1) is 12.2 Å². The average molecular weight is 340 g/mol. The van der Waals surface area contributed by atoms with Gasteiger partial charge in [-0.3, -0.25) is 4.79 Å². The molecule has 2 aliphatic heterocycles. The second-order valence-corrected chi connectivity index (χ2v) is 8.08. The Bertz CT molecular complexity index is 374. The van der Waals surface area contributed by atoms with E-state index in [0.717, 1.165) is 32.2 Å². The van der Waals surface area contributed by atoms with Crippen molar-refractivity contribution in [3.63, 3.8) is 0 Å². The molecular formula is C21H41NO2. The van der Waals surface area contributed by atoms with Crippen LogP contribution in [0, 0.1) is 23.7 Å². The molecule has 3 nitrogen and oxygen atoms in total. The molecule has 0 aliphatic carbocycles. The van der Waals surface area contributed by atoms with Crippen molar-refractivity contribution in [2.24, 2.45) is 23.7 Å². The van der Waals surface area contributed by atoms with Crippen LogP contribution in [0.4, 0.5) is 0 Å². The van der Waals surface area contributed by atoms with Gasteiger partial charge in [-0.1, -0.05) is 41.0 Å². The zero-order valence-corrected chi connectivity index (χ0v) is 17.3.